The van der Waals surface area contributed by atoms with Crippen LogP contribution in [0.5, 0.6) is 0 Å². The number of hydrogen-bond acceptors (Lipinski definition) is 4. The highest BCUT2D eigenvalue weighted by Gasteiger charge is 2.48. The van der Waals surface area contributed by atoms with E-state index in [0.717, 1.165) is 12.8 Å². The average molecular weight is 333 g/mol. The Balaban J connectivity index is 1.52. The summed E-state index contributed by atoms with van der Waals surface area (Å²) < 4.78 is 35.1. The maximum Gasteiger partial charge on any atom is 0.243 e. The van der Waals surface area contributed by atoms with Crippen LogP contribution in [0, 0.1) is 0 Å². The number of sulfonamides is 1. The first kappa shape index (κ1) is 14.9. The molecule has 2 saturated heterocycles. The number of nitrogens with zero attached hydrogens (tertiary/aromatic N) is 3. The van der Waals surface area contributed by atoms with Gasteiger partial charge < -0.3 is 9.30 Å². The minimum Gasteiger partial charge on any atom is -0.371 e. The molecule has 2 fully saturated rings. The highest BCUT2D eigenvalue weighted by Crippen LogP contribution is 2.41. The molecule has 0 aliphatic carbocycles. The Morgan fingerprint density at radius 2 is 2.09 bits per heavy atom. The van der Waals surface area contributed by atoms with E-state index >= 15 is 0 Å². The van der Waals surface area contributed by atoms with Gasteiger partial charge in [-0.1, -0.05) is 18.2 Å². The number of benzene rings is 1. The summed E-state index contributed by atoms with van der Waals surface area (Å²) in [5.74, 6) is 0. The second-order valence-corrected chi connectivity index (χ2v) is 8.20. The van der Waals surface area contributed by atoms with E-state index in [1.54, 1.807) is 41.1 Å². The first-order valence-electron chi connectivity index (χ1n) is 7.76. The molecular weight excluding hydrogens is 314 g/mol. The minimum absolute atomic E-state index is 0.233. The zero-order valence-electron chi connectivity index (χ0n) is 12.7. The standard InChI is InChI=1S/C16H19N3O3S/c20-23(21,15-4-2-1-3-5-15)19-8-6-16(12-19)10-14(11-22-16)18-9-7-17-13-18/h1-5,7,9,13-14H,6,8,10-12H2. The third-order valence-corrected chi connectivity index (χ3v) is 6.66. The topological polar surface area (TPSA) is 64.4 Å². The van der Waals surface area contributed by atoms with Crippen LogP contribution in [0.4, 0.5) is 0 Å². The molecule has 0 N–H and O–H groups in total. The van der Waals surface area contributed by atoms with Gasteiger partial charge in [-0.25, -0.2) is 13.4 Å². The van der Waals surface area contributed by atoms with E-state index in [2.05, 4.69) is 4.98 Å². The summed E-state index contributed by atoms with van der Waals surface area (Å²) in [5, 5.41) is 0. The van der Waals surface area contributed by atoms with Crippen LogP contribution in [0.2, 0.25) is 0 Å². The summed E-state index contributed by atoms with van der Waals surface area (Å²) in [4.78, 5) is 4.43. The highest BCUT2D eigenvalue weighted by atomic mass is 32.2. The normalized spacial score (nSPS) is 28.6. The smallest absolute Gasteiger partial charge is 0.243 e. The first-order chi connectivity index (χ1) is 11.1. The molecular formula is C16H19N3O3S. The summed E-state index contributed by atoms with van der Waals surface area (Å²) in [6.45, 7) is 1.54. The molecule has 0 saturated carbocycles. The Morgan fingerprint density at radius 1 is 1.26 bits per heavy atom. The van der Waals surface area contributed by atoms with Gasteiger partial charge in [0.1, 0.15) is 0 Å². The Hall–Kier alpha value is -1.70. The van der Waals surface area contributed by atoms with E-state index in [0.29, 0.717) is 24.6 Å². The van der Waals surface area contributed by atoms with Gasteiger partial charge in [-0.15, -0.1) is 0 Å². The van der Waals surface area contributed by atoms with Gasteiger partial charge in [0.15, 0.2) is 0 Å². The molecule has 1 aromatic heterocycles. The molecule has 2 aromatic rings. The van der Waals surface area contributed by atoms with Gasteiger partial charge in [-0.2, -0.15) is 4.31 Å². The van der Waals surface area contributed by atoms with Crippen LogP contribution in [-0.4, -0.2) is 47.6 Å². The van der Waals surface area contributed by atoms with Gasteiger partial charge >= 0.3 is 0 Å². The number of aromatic nitrogens is 2. The Kier molecular flexibility index (Phi) is 3.51. The van der Waals surface area contributed by atoms with E-state index in [1.165, 1.54) is 0 Å². The molecule has 0 radical (unpaired) electrons. The summed E-state index contributed by atoms with van der Waals surface area (Å²) in [6.07, 6.45) is 7.04. The molecule has 2 aliphatic heterocycles. The number of imidazole rings is 1. The molecule has 4 rings (SSSR count). The maximum absolute atomic E-state index is 12.7. The lowest BCUT2D eigenvalue weighted by Gasteiger charge is -2.23. The maximum atomic E-state index is 12.7. The summed E-state index contributed by atoms with van der Waals surface area (Å²) in [7, 11) is -3.44. The van der Waals surface area contributed by atoms with E-state index in [-0.39, 0.29) is 11.6 Å². The number of ether oxygens (including phenoxy) is 1. The van der Waals surface area contributed by atoms with Crippen molar-refractivity contribution >= 4 is 10.0 Å². The summed E-state index contributed by atoms with van der Waals surface area (Å²) in [6, 6.07) is 8.84. The van der Waals surface area contributed by atoms with Gasteiger partial charge in [0.05, 0.1) is 29.5 Å². The molecule has 3 heterocycles. The number of hydrogen-bond donors (Lipinski definition) is 0. The molecule has 23 heavy (non-hydrogen) atoms. The van der Waals surface area contributed by atoms with Crippen LogP contribution in [0.15, 0.2) is 53.9 Å². The summed E-state index contributed by atoms with van der Waals surface area (Å²) >= 11 is 0. The second kappa shape index (κ2) is 5.43. The molecule has 2 aliphatic rings. The van der Waals surface area contributed by atoms with Crippen molar-refractivity contribution in [2.24, 2.45) is 0 Å². The zero-order chi connectivity index (χ0) is 15.9. The lowest BCUT2D eigenvalue weighted by molar-refractivity contribution is 0.0165. The SMILES string of the molecule is O=S(=O)(c1ccccc1)N1CCC2(CC(n3ccnc3)CO2)C1. The molecule has 0 amide bonds. The predicted molar refractivity (Wildman–Crippen MR) is 84.4 cm³/mol. The quantitative estimate of drug-likeness (QED) is 0.857. The largest absolute Gasteiger partial charge is 0.371 e. The van der Waals surface area contributed by atoms with Crippen LogP contribution in [0.25, 0.3) is 0 Å². The van der Waals surface area contributed by atoms with Crippen LogP contribution in [-0.2, 0) is 14.8 Å². The molecule has 2 atom stereocenters. The van der Waals surface area contributed by atoms with Crippen molar-refractivity contribution < 1.29 is 13.2 Å². The van der Waals surface area contributed by atoms with E-state index in [1.807, 2.05) is 16.8 Å². The second-order valence-electron chi connectivity index (χ2n) is 6.26. The third kappa shape index (κ3) is 2.58. The molecule has 1 aromatic carbocycles. The lowest BCUT2D eigenvalue weighted by atomic mass is 9.97. The molecule has 0 bridgehead atoms. The third-order valence-electron chi connectivity index (χ3n) is 4.80. The van der Waals surface area contributed by atoms with Crippen LogP contribution >= 0.6 is 0 Å². The van der Waals surface area contributed by atoms with Gasteiger partial charge in [0.2, 0.25) is 10.0 Å². The molecule has 2 unspecified atom stereocenters. The van der Waals surface area contributed by atoms with Crippen molar-refractivity contribution in [3.8, 4) is 0 Å². The van der Waals surface area contributed by atoms with Crippen molar-refractivity contribution in [2.45, 2.75) is 29.4 Å². The highest BCUT2D eigenvalue weighted by molar-refractivity contribution is 7.89. The predicted octanol–water partition coefficient (Wildman–Crippen LogP) is 1.68. The van der Waals surface area contributed by atoms with Crippen LogP contribution in [0.3, 0.4) is 0 Å². The molecule has 122 valence electrons. The lowest BCUT2D eigenvalue weighted by Crippen LogP contribution is -2.35. The fraction of sp³-hybridized carbons (Fsp3) is 0.438. The fourth-order valence-electron chi connectivity index (χ4n) is 3.54. The van der Waals surface area contributed by atoms with Gasteiger partial charge in [0, 0.05) is 31.9 Å². The molecule has 7 heteroatoms. The first-order valence-corrected chi connectivity index (χ1v) is 9.20. The van der Waals surface area contributed by atoms with Crippen molar-refractivity contribution in [1.29, 1.82) is 0 Å². The van der Waals surface area contributed by atoms with E-state index in [4.69, 9.17) is 4.74 Å². The Labute approximate surface area is 135 Å². The summed E-state index contributed by atoms with van der Waals surface area (Å²) in [5.41, 5.74) is -0.364. The van der Waals surface area contributed by atoms with Gasteiger partial charge in [-0.05, 0) is 18.6 Å². The van der Waals surface area contributed by atoms with E-state index < -0.39 is 10.0 Å². The monoisotopic (exact) mass is 333 g/mol. The van der Waals surface area contributed by atoms with Crippen molar-refractivity contribution in [3.05, 3.63) is 49.1 Å². The van der Waals surface area contributed by atoms with Crippen molar-refractivity contribution in [1.82, 2.24) is 13.9 Å². The Bertz CT molecular complexity index is 776. The van der Waals surface area contributed by atoms with Gasteiger partial charge in [0.25, 0.3) is 0 Å². The van der Waals surface area contributed by atoms with Crippen LogP contribution in [0.1, 0.15) is 18.9 Å². The average Bonchev–Trinajstić information content (AvgIpc) is 3.30. The fourth-order valence-corrected chi connectivity index (χ4v) is 5.07. The number of rotatable bonds is 3. The van der Waals surface area contributed by atoms with Crippen molar-refractivity contribution in [3.63, 3.8) is 0 Å². The van der Waals surface area contributed by atoms with E-state index in [9.17, 15) is 8.42 Å². The minimum atomic E-state index is -3.44. The van der Waals surface area contributed by atoms with Crippen LogP contribution < -0.4 is 0 Å². The zero-order valence-corrected chi connectivity index (χ0v) is 13.5. The molecule has 1 spiro atoms. The van der Waals surface area contributed by atoms with Crippen molar-refractivity contribution in [2.75, 3.05) is 19.7 Å². The van der Waals surface area contributed by atoms with Gasteiger partial charge in [-0.3, -0.25) is 0 Å². The Morgan fingerprint density at radius 3 is 2.83 bits per heavy atom. The molecule has 6 nitrogen and oxygen atoms in total.